The normalized spacial score (nSPS) is 13.5. The molecular weight excluding hydrogens is 154 g/mol. The predicted molar refractivity (Wildman–Crippen MR) is 44.6 cm³/mol. The Labute approximate surface area is 69.6 Å². The number of fused-ring (bicyclic) bond motifs is 1. The van der Waals surface area contributed by atoms with Crippen molar-refractivity contribution in [3.63, 3.8) is 0 Å². The fraction of sp³-hybridized carbons (Fsp3) is 0.222. The van der Waals surface area contributed by atoms with Crippen molar-refractivity contribution in [2.24, 2.45) is 0 Å². The highest BCUT2D eigenvalue weighted by Gasteiger charge is 2.08. The SMILES string of the molecule is CC(O)c1cccc2cnoc12. The van der Waals surface area contributed by atoms with Gasteiger partial charge in [0.05, 0.1) is 12.3 Å². The number of aliphatic hydroxyl groups excluding tert-OH is 1. The van der Waals surface area contributed by atoms with E-state index < -0.39 is 6.10 Å². The van der Waals surface area contributed by atoms with Crippen LogP contribution in [-0.4, -0.2) is 10.3 Å². The van der Waals surface area contributed by atoms with Gasteiger partial charge in [-0.3, -0.25) is 0 Å². The molecule has 2 rings (SSSR count). The highest BCUT2D eigenvalue weighted by Crippen LogP contribution is 2.23. The average Bonchev–Trinajstić information content (AvgIpc) is 2.49. The van der Waals surface area contributed by atoms with E-state index in [0.717, 1.165) is 10.9 Å². The van der Waals surface area contributed by atoms with Gasteiger partial charge in [0.2, 0.25) is 0 Å². The number of benzene rings is 1. The van der Waals surface area contributed by atoms with E-state index >= 15 is 0 Å². The summed E-state index contributed by atoms with van der Waals surface area (Å²) in [4.78, 5) is 0. The molecule has 0 bridgehead atoms. The molecule has 1 aromatic heterocycles. The minimum absolute atomic E-state index is 0.512. The topological polar surface area (TPSA) is 46.3 Å². The van der Waals surface area contributed by atoms with Gasteiger partial charge in [0.25, 0.3) is 0 Å². The van der Waals surface area contributed by atoms with Gasteiger partial charge < -0.3 is 9.63 Å². The van der Waals surface area contributed by atoms with Crippen LogP contribution in [0.3, 0.4) is 0 Å². The first-order valence-electron chi connectivity index (χ1n) is 3.80. The van der Waals surface area contributed by atoms with E-state index in [-0.39, 0.29) is 0 Å². The van der Waals surface area contributed by atoms with E-state index in [0.29, 0.717) is 5.58 Å². The summed E-state index contributed by atoms with van der Waals surface area (Å²) in [5.41, 5.74) is 1.46. The van der Waals surface area contributed by atoms with Crippen LogP contribution in [0.5, 0.6) is 0 Å². The molecule has 12 heavy (non-hydrogen) atoms. The van der Waals surface area contributed by atoms with Crippen molar-refractivity contribution < 1.29 is 9.63 Å². The van der Waals surface area contributed by atoms with Gasteiger partial charge in [-0.15, -0.1) is 0 Å². The smallest absolute Gasteiger partial charge is 0.172 e. The number of rotatable bonds is 1. The van der Waals surface area contributed by atoms with Crippen molar-refractivity contribution in [2.75, 3.05) is 0 Å². The first-order chi connectivity index (χ1) is 5.79. The summed E-state index contributed by atoms with van der Waals surface area (Å²) >= 11 is 0. The van der Waals surface area contributed by atoms with E-state index in [1.54, 1.807) is 13.1 Å². The first-order valence-corrected chi connectivity index (χ1v) is 3.80. The molecule has 0 radical (unpaired) electrons. The number of aliphatic hydroxyl groups is 1. The quantitative estimate of drug-likeness (QED) is 0.698. The second kappa shape index (κ2) is 2.60. The van der Waals surface area contributed by atoms with Crippen LogP contribution in [0.4, 0.5) is 0 Å². The van der Waals surface area contributed by atoms with Crippen molar-refractivity contribution in [2.45, 2.75) is 13.0 Å². The van der Waals surface area contributed by atoms with Crippen molar-refractivity contribution in [3.05, 3.63) is 30.0 Å². The van der Waals surface area contributed by atoms with E-state index in [4.69, 9.17) is 4.52 Å². The lowest BCUT2D eigenvalue weighted by Crippen LogP contribution is -1.90. The Bertz CT molecular complexity index is 392. The number of nitrogens with zero attached hydrogens (tertiary/aromatic N) is 1. The fourth-order valence-electron chi connectivity index (χ4n) is 1.25. The maximum absolute atomic E-state index is 9.35. The maximum atomic E-state index is 9.35. The zero-order valence-electron chi connectivity index (χ0n) is 6.69. The third kappa shape index (κ3) is 0.987. The van der Waals surface area contributed by atoms with Gasteiger partial charge in [-0.2, -0.15) is 0 Å². The Hall–Kier alpha value is -1.35. The van der Waals surface area contributed by atoms with Crippen LogP contribution in [0.2, 0.25) is 0 Å². The van der Waals surface area contributed by atoms with Gasteiger partial charge in [0.15, 0.2) is 5.58 Å². The zero-order valence-corrected chi connectivity index (χ0v) is 6.69. The van der Waals surface area contributed by atoms with Gasteiger partial charge in [0, 0.05) is 10.9 Å². The second-order valence-electron chi connectivity index (χ2n) is 2.77. The summed E-state index contributed by atoms with van der Waals surface area (Å²) in [5, 5.41) is 13.9. The minimum atomic E-state index is -0.512. The van der Waals surface area contributed by atoms with Crippen LogP contribution in [0.25, 0.3) is 11.0 Å². The van der Waals surface area contributed by atoms with Crippen LogP contribution in [0, 0.1) is 0 Å². The van der Waals surface area contributed by atoms with Crippen LogP contribution in [0.1, 0.15) is 18.6 Å². The third-order valence-electron chi connectivity index (χ3n) is 1.86. The van der Waals surface area contributed by atoms with Crippen LogP contribution >= 0.6 is 0 Å². The Morgan fingerprint density at radius 2 is 2.33 bits per heavy atom. The van der Waals surface area contributed by atoms with E-state index in [2.05, 4.69) is 5.16 Å². The molecule has 2 aromatic rings. The largest absolute Gasteiger partial charge is 0.389 e. The molecule has 1 unspecified atom stereocenters. The molecule has 0 fully saturated rings. The molecule has 1 aromatic carbocycles. The predicted octanol–water partition coefficient (Wildman–Crippen LogP) is 1.88. The first kappa shape index (κ1) is 7.31. The molecule has 62 valence electrons. The molecule has 1 heterocycles. The molecular formula is C9H9NO2. The Kier molecular flexibility index (Phi) is 1.59. The summed E-state index contributed by atoms with van der Waals surface area (Å²) in [7, 11) is 0. The number of hydrogen-bond donors (Lipinski definition) is 1. The van der Waals surface area contributed by atoms with E-state index in [1.807, 2.05) is 18.2 Å². The Morgan fingerprint density at radius 3 is 3.08 bits per heavy atom. The Morgan fingerprint density at radius 1 is 1.50 bits per heavy atom. The zero-order chi connectivity index (χ0) is 8.55. The van der Waals surface area contributed by atoms with Gasteiger partial charge in [-0.1, -0.05) is 17.3 Å². The molecule has 1 atom stereocenters. The van der Waals surface area contributed by atoms with Crippen LogP contribution in [0.15, 0.2) is 28.9 Å². The number of hydrogen-bond acceptors (Lipinski definition) is 3. The lowest BCUT2D eigenvalue weighted by Gasteiger charge is -2.02. The molecule has 0 aliphatic rings. The van der Waals surface area contributed by atoms with E-state index in [1.165, 1.54) is 0 Å². The summed E-state index contributed by atoms with van der Waals surface area (Å²) in [6.07, 6.45) is 1.13. The molecule has 0 aliphatic heterocycles. The van der Waals surface area contributed by atoms with Crippen molar-refractivity contribution in [3.8, 4) is 0 Å². The van der Waals surface area contributed by atoms with Gasteiger partial charge >= 0.3 is 0 Å². The summed E-state index contributed by atoms with van der Waals surface area (Å²) in [5.74, 6) is 0. The van der Waals surface area contributed by atoms with E-state index in [9.17, 15) is 5.11 Å². The summed E-state index contributed by atoms with van der Waals surface area (Å²) in [6.45, 7) is 1.71. The Balaban J connectivity index is 2.73. The third-order valence-corrected chi connectivity index (χ3v) is 1.86. The molecule has 1 N–H and O–H groups in total. The highest BCUT2D eigenvalue weighted by molar-refractivity contribution is 5.79. The molecule has 0 spiro atoms. The lowest BCUT2D eigenvalue weighted by atomic mass is 10.1. The second-order valence-corrected chi connectivity index (χ2v) is 2.77. The summed E-state index contributed by atoms with van der Waals surface area (Å²) in [6, 6.07) is 5.61. The van der Waals surface area contributed by atoms with Gasteiger partial charge in [-0.05, 0) is 13.0 Å². The monoisotopic (exact) mass is 163 g/mol. The summed E-state index contributed by atoms with van der Waals surface area (Å²) < 4.78 is 5.00. The fourth-order valence-corrected chi connectivity index (χ4v) is 1.25. The number of aromatic nitrogens is 1. The van der Waals surface area contributed by atoms with Crippen molar-refractivity contribution in [1.82, 2.24) is 5.16 Å². The molecule has 0 saturated heterocycles. The molecule has 0 saturated carbocycles. The number of para-hydroxylation sites is 1. The van der Waals surface area contributed by atoms with Gasteiger partial charge in [0.1, 0.15) is 0 Å². The standard InChI is InChI=1S/C9H9NO2/c1-6(11)8-4-2-3-7-5-10-12-9(7)8/h2-6,11H,1H3. The van der Waals surface area contributed by atoms with Crippen LogP contribution in [-0.2, 0) is 0 Å². The molecule has 0 amide bonds. The molecule has 0 aliphatic carbocycles. The molecule has 3 heteroatoms. The lowest BCUT2D eigenvalue weighted by molar-refractivity contribution is 0.199. The maximum Gasteiger partial charge on any atom is 0.172 e. The average molecular weight is 163 g/mol. The van der Waals surface area contributed by atoms with Crippen molar-refractivity contribution >= 4 is 11.0 Å². The van der Waals surface area contributed by atoms with Crippen molar-refractivity contribution in [1.29, 1.82) is 0 Å². The highest BCUT2D eigenvalue weighted by atomic mass is 16.5. The minimum Gasteiger partial charge on any atom is -0.389 e. The van der Waals surface area contributed by atoms with Crippen LogP contribution < -0.4 is 0 Å². The molecule has 3 nitrogen and oxygen atoms in total. The van der Waals surface area contributed by atoms with Gasteiger partial charge in [-0.25, -0.2) is 0 Å².